The summed E-state index contributed by atoms with van der Waals surface area (Å²) in [6.45, 7) is 1.94. The Labute approximate surface area is 163 Å². The van der Waals surface area contributed by atoms with Gasteiger partial charge >= 0.3 is 0 Å². The normalized spacial score (nSPS) is 16.0. The number of benzene rings is 2. The molecule has 1 N–H and O–H groups in total. The van der Waals surface area contributed by atoms with Crippen molar-refractivity contribution in [3.05, 3.63) is 56.9 Å². The summed E-state index contributed by atoms with van der Waals surface area (Å²) >= 11 is 10.1. The molecule has 7 heteroatoms. The Kier molecular flexibility index (Phi) is 5.17. The van der Waals surface area contributed by atoms with Gasteiger partial charge in [-0.1, -0.05) is 58.1 Å². The first-order valence-electron chi connectivity index (χ1n) is 7.32. The lowest BCUT2D eigenvalue weighted by Crippen LogP contribution is -2.28. The van der Waals surface area contributed by atoms with Gasteiger partial charge in [0.25, 0.3) is 5.91 Å². The van der Waals surface area contributed by atoms with Crippen LogP contribution in [0.25, 0.3) is 6.08 Å². The van der Waals surface area contributed by atoms with E-state index in [0.29, 0.717) is 19.4 Å². The molecule has 1 aliphatic rings. The SMILES string of the molecule is COc1cc(/C=C2/SC(=S)N(c3ccccc3C)C2=O)c(Br)cc1O. The number of para-hydroxylation sites is 1. The zero-order valence-corrected chi connectivity index (χ0v) is 16.7. The van der Waals surface area contributed by atoms with Crippen LogP contribution in [0.2, 0.25) is 0 Å². The number of anilines is 1. The lowest BCUT2D eigenvalue weighted by molar-refractivity contribution is -0.113. The molecule has 0 atom stereocenters. The second-order valence-corrected chi connectivity index (χ2v) is 7.88. The molecule has 3 rings (SSSR count). The molecule has 2 aromatic rings. The number of aryl methyl sites for hydroxylation is 1. The van der Waals surface area contributed by atoms with E-state index in [0.717, 1.165) is 16.8 Å². The first-order valence-corrected chi connectivity index (χ1v) is 9.34. The maximum absolute atomic E-state index is 12.9. The topological polar surface area (TPSA) is 49.8 Å². The number of rotatable bonds is 3. The predicted octanol–water partition coefficient (Wildman–Crippen LogP) is 4.88. The molecule has 4 nitrogen and oxygen atoms in total. The molecule has 1 fully saturated rings. The molecule has 128 valence electrons. The minimum Gasteiger partial charge on any atom is -0.504 e. The van der Waals surface area contributed by atoms with Crippen LogP contribution < -0.4 is 9.64 Å². The summed E-state index contributed by atoms with van der Waals surface area (Å²) in [6, 6.07) is 10.8. The first kappa shape index (κ1) is 18.0. The maximum atomic E-state index is 12.9. The van der Waals surface area contributed by atoms with Gasteiger partial charge in [0.1, 0.15) is 0 Å². The number of hydrogen-bond acceptors (Lipinski definition) is 5. The third-order valence-electron chi connectivity index (χ3n) is 3.73. The van der Waals surface area contributed by atoms with Crippen LogP contribution in [0.15, 0.2) is 45.8 Å². The number of phenols is 1. The molecular formula is C18H14BrNO3S2. The van der Waals surface area contributed by atoms with Crippen LogP contribution in [0.3, 0.4) is 0 Å². The summed E-state index contributed by atoms with van der Waals surface area (Å²) in [6.07, 6.45) is 1.74. The van der Waals surface area contributed by atoms with Crippen molar-refractivity contribution >= 4 is 61.9 Å². The van der Waals surface area contributed by atoms with Crippen LogP contribution in [0.5, 0.6) is 11.5 Å². The van der Waals surface area contributed by atoms with Crippen molar-refractivity contribution in [2.45, 2.75) is 6.92 Å². The number of thiocarbonyl (C=S) groups is 1. The molecule has 0 aliphatic carbocycles. The minimum absolute atomic E-state index is 0.0268. The van der Waals surface area contributed by atoms with Gasteiger partial charge in [-0.15, -0.1) is 0 Å². The van der Waals surface area contributed by atoms with Crippen LogP contribution in [-0.4, -0.2) is 22.4 Å². The number of halogens is 1. The van der Waals surface area contributed by atoms with E-state index in [1.807, 2.05) is 31.2 Å². The Morgan fingerprint density at radius 3 is 2.72 bits per heavy atom. The number of carbonyl (C=O) groups is 1. The Bertz CT molecular complexity index is 911. The van der Waals surface area contributed by atoms with Gasteiger partial charge in [0.15, 0.2) is 15.8 Å². The second-order valence-electron chi connectivity index (χ2n) is 5.35. The van der Waals surface area contributed by atoms with E-state index in [1.54, 1.807) is 17.0 Å². The fourth-order valence-corrected chi connectivity index (χ4v) is 4.19. The van der Waals surface area contributed by atoms with E-state index in [4.69, 9.17) is 17.0 Å². The summed E-state index contributed by atoms with van der Waals surface area (Å²) in [5, 5.41) is 9.82. The summed E-state index contributed by atoms with van der Waals surface area (Å²) in [7, 11) is 1.48. The molecule has 0 spiro atoms. The summed E-state index contributed by atoms with van der Waals surface area (Å²) < 4.78 is 6.28. The van der Waals surface area contributed by atoms with E-state index >= 15 is 0 Å². The number of methoxy groups -OCH3 is 1. The quantitative estimate of drug-likeness (QED) is 0.549. The Morgan fingerprint density at radius 1 is 1.32 bits per heavy atom. The highest BCUT2D eigenvalue weighted by atomic mass is 79.9. The number of nitrogens with zero attached hydrogens (tertiary/aromatic N) is 1. The molecule has 25 heavy (non-hydrogen) atoms. The highest BCUT2D eigenvalue weighted by molar-refractivity contribution is 9.10. The van der Waals surface area contributed by atoms with E-state index < -0.39 is 0 Å². The van der Waals surface area contributed by atoms with E-state index in [9.17, 15) is 9.90 Å². The average molecular weight is 436 g/mol. The number of ether oxygens (including phenoxy) is 1. The smallest absolute Gasteiger partial charge is 0.270 e. The molecule has 1 aliphatic heterocycles. The van der Waals surface area contributed by atoms with Gasteiger partial charge in [-0.3, -0.25) is 9.69 Å². The van der Waals surface area contributed by atoms with Crippen molar-refractivity contribution in [1.82, 2.24) is 0 Å². The number of hydrogen-bond donors (Lipinski definition) is 1. The Morgan fingerprint density at radius 2 is 2.04 bits per heavy atom. The van der Waals surface area contributed by atoms with Crippen LogP contribution in [0, 0.1) is 6.92 Å². The van der Waals surface area contributed by atoms with Crippen molar-refractivity contribution in [3.63, 3.8) is 0 Å². The monoisotopic (exact) mass is 435 g/mol. The fraction of sp³-hybridized carbons (Fsp3) is 0.111. The van der Waals surface area contributed by atoms with Gasteiger partial charge in [-0.25, -0.2) is 0 Å². The zero-order chi connectivity index (χ0) is 18.1. The van der Waals surface area contributed by atoms with Gasteiger partial charge in [-0.2, -0.15) is 0 Å². The fourth-order valence-electron chi connectivity index (χ4n) is 2.46. The molecule has 0 bridgehead atoms. The van der Waals surface area contributed by atoms with Crippen molar-refractivity contribution in [2.75, 3.05) is 12.0 Å². The minimum atomic E-state index is -0.164. The molecule has 0 aromatic heterocycles. The zero-order valence-electron chi connectivity index (χ0n) is 13.4. The van der Waals surface area contributed by atoms with Gasteiger partial charge in [0.2, 0.25) is 0 Å². The number of phenolic OH excluding ortho intramolecular Hbond substituents is 1. The summed E-state index contributed by atoms with van der Waals surface area (Å²) in [5.74, 6) is 0.200. The largest absolute Gasteiger partial charge is 0.504 e. The molecule has 0 unspecified atom stereocenters. The van der Waals surface area contributed by atoms with Crippen LogP contribution in [0.4, 0.5) is 5.69 Å². The number of carbonyl (C=O) groups excluding carboxylic acids is 1. The average Bonchev–Trinajstić information content (AvgIpc) is 2.84. The van der Waals surface area contributed by atoms with E-state index in [2.05, 4.69) is 15.9 Å². The number of thioether (sulfide) groups is 1. The van der Waals surface area contributed by atoms with Gasteiger partial charge in [0.05, 0.1) is 17.7 Å². The van der Waals surface area contributed by atoms with Gasteiger partial charge < -0.3 is 9.84 Å². The first-order chi connectivity index (χ1) is 11.9. The van der Waals surface area contributed by atoms with Crippen LogP contribution in [-0.2, 0) is 4.79 Å². The molecule has 1 heterocycles. The molecule has 0 saturated carbocycles. The summed E-state index contributed by atoms with van der Waals surface area (Å²) in [5.41, 5.74) is 2.49. The predicted molar refractivity (Wildman–Crippen MR) is 109 cm³/mol. The van der Waals surface area contributed by atoms with Crippen molar-refractivity contribution < 1.29 is 14.6 Å². The van der Waals surface area contributed by atoms with Gasteiger partial charge in [-0.05, 0) is 42.3 Å². The Hall–Kier alpha value is -1.83. The molecule has 2 aromatic carbocycles. The van der Waals surface area contributed by atoms with E-state index in [-0.39, 0.29) is 11.7 Å². The third-order valence-corrected chi connectivity index (χ3v) is 5.72. The highest BCUT2D eigenvalue weighted by Crippen LogP contribution is 2.39. The van der Waals surface area contributed by atoms with Crippen molar-refractivity contribution in [3.8, 4) is 11.5 Å². The molecular weight excluding hydrogens is 422 g/mol. The standard InChI is InChI=1S/C18H14BrNO3S2/c1-10-5-3-4-6-13(10)20-17(22)16(25-18(20)24)8-11-7-15(23-2)14(21)9-12(11)19/h3-9,21H,1-2H3/b16-8+. The Balaban J connectivity index is 2.00. The third kappa shape index (κ3) is 3.44. The highest BCUT2D eigenvalue weighted by Gasteiger charge is 2.34. The van der Waals surface area contributed by atoms with Crippen LogP contribution >= 0.6 is 39.9 Å². The second kappa shape index (κ2) is 7.19. The molecule has 1 amide bonds. The molecule has 0 radical (unpaired) electrons. The van der Waals surface area contributed by atoms with Crippen molar-refractivity contribution in [2.24, 2.45) is 0 Å². The lowest BCUT2D eigenvalue weighted by Gasteiger charge is -2.16. The number of amides is 1. The molecule has 1 saturated heterocycles. The van der Waals surface area contributed by atoms with Crippen molar-refractivity contribution in [1.29, 1.82) is 0 Å². The van der Waals surface area contributed by atoms with Crippen LogP contribution in [0.1, 0.15) is 11.1 Å². The lowest BCUT2D eigenvalue weighted by atomic mass is 10.1. The summed E-state index contributed by atoms with van der Waals surface area (Å²) in [4.78, 5) is 14.9. The number of aromatic hydroxyl groups is 1. The van der Waals surface area contributed by atoms with Gasteiger partial charge in [0, 0.05) is 4.47 Å². The van der Waals surface area contributed by atoms with E-state index in [1.165, 1.54) is 24.9 Å². The maximum Gasteiger partial charge on any atom is 0.270 e.